The minimum atomic E-state index is -3.86. The molecule has 0 saturated heterocycles. The number of hydrogen-bond acceptors (Lipinski definition) is 4. The summed E-state index contributed by atoms with van der Waals surface area (Å²) in [4.78, 5) is 10.7. The zero-order valence-electron chi connectivity index (χ0n) is 13.5. The predicted octanol–water partition coefficient (Wildman–Crippen LogP) is 3.59. The van der Waals surface area contributed by atoms with Crippen molar-refractivity contribution in [2.24, 2.45) is 0 Å². The minimum Gasteiger partial charge on any atom is -0.262 e. The summed E-state index contributed by atoms with van der Waals surface area (Å²) in [6.45, 7) is 7.01. The average Bonchev–Trinajstić information content (AvgIpc) is 2.53. The van der Waals surface area contributed by atoms with Crippen molar-refractivity contribution in [2.75, 3.05) is 10.8 Å². The number of sulfonamides is 1. The molecule has 0 unspecified atom stereocenters. The molecular formula is C17H18N2O4S. The van der Waals surface area contributed by atoms with Crippen molar-refractivity contribution in [3.63, 3.8) is 0 Å². The zero-order chi connectivity index (χ0) is 17.9. The van der Waals surface area contributed by atoms with Crippen LogP contribution >= 0.6 is 0 Å². The molecule has 0 N–H and O–H groups in total. The highest BCUT2D eigenvalue weighted by atomic mass is 32.2. The first-order valence-electron chi connectivity index (χ1n) is 7.23. The van der Waals surface area contributed by atoms with E-state index in [0.29, 0.717) is 5.56 Å². The third-order valence-corrected chi connectivity index (χ3v) is 5.44. The number of benzene rings is 2. The lowest BCUT2D eigenvalue weighted by Crippen LogP contribution is -2.31. The van der Waals surface area contributed by atoms with E-state index in [4.69, 9.17) is 0 Å². The van der Waals surface area contributed by atoms with Crippen LogP contribution in [0.2, 0.25) is 0 Å². The minimum absolute atomic E-state index is 0.0121. The second kappa shape index (κ2) is 6.84. The Morgan fingerprint density at radius 1 is 1.17 bits per heavy atom. The molecule has 7 heteroatoms. The van der Waals surface area contributed by atoms with Gasteiger partial charge in [0.05, 0.1) is 27.6 Å². The van der Waals surface area contributed by atoms with Crippen molar-refractivity contribution in [3.05, 3.63) is 76.4 Å². The highest BCUT2D eigenvalue weighted by molar-refractivity contribution is 7.92. The first kappa shape index (κ1) is 17.7. The van der Waals surface area contributed by atoms with Crippen molar-refractivity contribution >= 4 is 21.4 Å². The molecule has 2 rings (SSSR count). The number of aryl methyl sites for hydroxylation is 1. The van der Waals surface area contributed by atoms with Crippen molar-refractivity contribution in [2.45, 2.75) is 18.7 Å². The quantitative estimate of drug-likeness (QED) is 0.455. The Kier molecular flexibility index (Phi) is 5.04. The molecule has 2 aromatic carbocycles. The Morgan fingerprint density at radius 2 is 1.79 bits per heavy atom. The molecule has 0 aliphatic carbocycles. The molecule has 0 saturated carbocycles. The molecule has 0 heterocycles. The lowest BCUT2D eigenvalue weighted by molar-refractivity contribution is -0.385. The second-order valence-corrected chi connectivity index (χ2v) is 7.18. The number of nitro groups is 1. The molecular weight excluding hydrogens is 328 g/mol. The molecule has 0 amide bonds. The molecule has 0 aliphatic rings. The van der Waals surface area contributed by atoms with E-state index in [2.05, 4.69) is 6.58 Å². The Hall–Kier alpha value is -2.67. The summed E-state index contributed by atoms with van der Waals surface area (Å²) >= 11 is 0. The fourth-order valence-corrected chi connectivity index (χ4v) is 3.85. The van der Waals surface area contributed by atoms with E-state index in [9.17, 15) is 18.5 Å². The van der Waals surface area contributed by atoms with Crippen LogP contribution in [0.3, 0.4) is 0 Å². The molecule has 0 atom stereocenters. The van der Waals surface area contributed by atoms with Crippen LogP contribution < -0.4 is 4.31 Å². The van der Waals surface area contributed by atoms with Crippen LogP contribution in [0.15, 0.2) is 60.0 Å². The maximum Gasteiger partial charge on any atom is 0.274 e. The van der Waals surface area contributed by atoms with E-state index >= 15 is 0 Å². The first-order chi connectivity index (χ1) is 11.3. The Bertz CT molecular complexity index is 874. The molecule has 2 aromatic rings. The van der Waals surface area contributed by atoms with Crippen LogP contribution in [-0.2, 0) is 10.0 Å². The van der Waals surface area contributed by atoms with Crippen molar-refractivity contribution in [1.29, 1.82) is 0 Å². The SMILES string of the molecule is C=CCN(c1cccc([N+](=O)[O-])c1C)S(=O)(=O)c1ccc(C)cc1. The van der Waals surface area contributed by atoms with Crippen LogP contribution in [-0.4, -0.2) is 19.9 Å². The summed E-state index contributed by atoms with van der Waals surface area (Å²) in [6, 6.07) is 10.8. The summed E-state index contributed by atoms with van der Waals surface area (Å²) in [7, 11) is -3.86. The van der Waals surface area contributed by atoms with Crippen LogP contribution in [0.1, 0.15) is 11.1 Å². The summed E-state index contributed by atoms with van der Waals surface area (Å²) in [6.07, 6.45) is 1.45. The van der Waals surface area contributed by atoms with E-state index in [-0.39, 0.29) is 22.8 Å². The number of hydrogen-bond donors (Lipinski definition) is 0. The average molecular weight is 346 g/mol. The van der Waals surface area contributed by atoms with E-state index in [0.717, 1.165) is 9.87 Å². The van der Waals surface area contributed by atoms with Crippen molar-refractivity contribution < 1.29 is 13.3 Å². The summed E-state index contributed by atoms with van der Waals surface area (Å²) in [5.41, 5.74) is 1.38. The van der Waals surface area contributed by atoms with Gasteiger partial charge in [-0.25, -0.2) is 8.42 Å². The lowest BCUT2D eigenvalue weighted by Gasteiger charge is -2.24. The van der Waals surface area contributed by atoms with Gasteiger partial charge < -0.3 is 0 Å². The van der Waals surface area contributed by atoms with E-state index in [1.54, 1.807) is 18.2 Å². The van der Waals surface area contributed by atoms with Gasteiger partial charge in [0, 0.05) is 6.07 Å². The Morgan fingerprint density at radius 3 is 2.33 bits per heavy atom. The molecule has 0 spiro atoms. The largest absolute Gasteiger partial charge is 0.274 e. The maximum absolute atomic E-state index is 13.0. The van der Waals surface area contributed by atoms with E-state index < -0.39 is 14.9 Å². The maximum atomic E-state index is 13.0. The Balaban J connectivity index is 2.62. The molecule has 0 bridgehead atoms. The van der Waals surface area contributed by atoms with E-state index in [1.165, 1.54) is 37.3 Å². The molecule has 0 radical (unpaired) electrons. The predicted molar refractivity (Wildman–Crippen MR) is 93.7 cm³/mol. The smallest absolute Gasteiger partial charge is 0.262 e. The van der Waals surface area contributed by atoms with Crippen molar-refractivity contribution in [1.82, 2.24) is 0 Å². The third-order valence-electron chi connectivity index (χ3n) is 3.65. The van der Waals surface area contributed by atoms with Crippen LogP contribution in [0.4, 0.5) is 11.4 Å². The van der Waals surface area contributed by atoms with Gasteiger partial charge in [-0.3, -0.25) is 14.4 Å². The highest BCUT2D eigenvalue weighted by Crippen LogP contribution is 2.32. The van der Waals surface area contributed by atoms with E-state index in [1.807, 2.05) is 6.92 Å². The molecule has 0 fully saturated rings. The monoisotopic (exact) mass is 346 g/mol. The van der Waals surface area contributed by atoms with Gasteiger partial charge in [-0.2, -0.15) is 0 Å². The van der Waals surface area contributed by atoms with Gasteiger partial charge in [0.25, 0.3) is 15.7 Å². The standard InChI is InChI=1S/C17H18N2O4S/c1-4-12-18(16-6-5-7-17(14(16)3)19(20)21)24(22,23)15-10-8-13(2)9-11-15/h4-11H,1,12H2,2-3H3. The summed E-state index contributed by atoms with van der Waals surface area (Å²) < 4.78 is 27.1. The van der Waals surface area contributed by atoms with Crippen LogP contribution in [0.5, 0.6) is 0 Å². The third kappa shape index (κ3) is 3.30. The van der Waals surface area contributed by atoms with Gasteiger partial charge in [0.1, 0.15) is 0 Å². The van der Waals surface area contributed by atoms with Crippen LogP contribution in [0.25, 0.3) is 0 Å². The van der Waals surface area contributed by atoms with Gasteiger partial charge >= 0.3 is 0 Å². The topological polar surface area (TPSA) is 80.5 Å². The fraction of sp³-hybridized carbons (Fsp3) is 0.176. The normalized spacial score (nSPS) is 11.1. The van der Waals surface area contributed by atoms with Crippen LogP contribution in [0, 0.1) is 24.0 Å². The van der Waals surface area contributed by atoms with Gasteiger partial charge in [-0.15, -0.1) is 6.58 Å². The van der Waals surface area contributed by atoms with Gasteiger partial charge in [0.15, 0.2) is 0 Å². The lowest BCUT2D eigenvalue weighted by atomic mass is 10.1. The summed E-state index contributed by atoms with van der Waals surface area (Å²) in [5, 5.41) is 11.1. The van der Waals surface area contributed by atoms with Gasteiger partial charge in [-0.05, 0) is 32.0 Å². The number of anilines is 1. The highest BCUT2D eigenvalue weighted by Gasteiger charge is 2.27. The number of nitrogens with zero attached hydrogens (tertiary/aromatic N) is 2. The molecule has 6 nitrogen and oxygen atoms in total. The molecule has 126 valence electrons. The van der Waals surface area contributed by atoms with Gasteiger partial charge in [0.2, 0.25) is 0 Å². The number of nitro benzene ring substituents is 1. The summed E-state index contributed by atoms with van der Waals surface area (Å²) in [5.74, 6) is 0. The number of rotatable bonds is 6. The fourth-order valence-electron chi connectivity index (χ4n) is 2.36. The second-order valence-electron chi connectivity index (χ2n) is 5.32. The first-order valence-corrected chi connectivity index (χ1v) is 8.67. The zero-order valence-corrected chi connectivity index (χ0v) is 14.3. The molecule has 24 heavy (non-hydrogen) atoms. The molecule has 0 aliphatic heterocycles. The Labute approximate surface area is 141 Å². The molecule has 0 aromatic heterocycles. The van der Waals surface area contributed by atoms with Crippen molar-refractivity contribution in [3.8, 4) is 0 Å². The van der Waals surface area contributed by atoms with Gasteiger partial charge in [-0.1, -0.05) is 29.8 Å².